The molecule has 6 heteroatoms. The topological polar surface area (TPSA) is 42.9 Å². The third-order valence-electron chi connectivity index (χ3n) is 1.24. The van der Waals surface area contributed by atoms with Gasteiger partial charge in [0.05, 0.1) is 10.8 Å². The Hall–Kier alpha value is -0.190. The van der Waals surface area contributed by atoms with Crippen molar-refractivity contribution < 1.29 is 4.21 Å². The third-order valence-corrected chi connectivity index (χ3v) is 2.99. The maximum Gasteiger partial charge on any atom is 0.221 e. The summed E-state index contributed by atoms with van der Waals surface area (Å²) in [4.78, 5) is 7.64. The van der Waals surface area contributed by atoms with Gasteiger partial charge in [-0.1, -0.05) is 30.1 Å². The number of rotatable bonds is 3. The van der Waals surface area contributed by atoms with E-state index in [-0.39, 0.29) is 15.5 Å². The van der Waals surface area contributed by atoms with E-state index in [2.05, 4.69) is 9.97 Å². The first-order chi connectivity index (χ1) is 6.13. The molecule has 0 fully saturated rings. The first-order valence-electron chi connectivity index (χ1n) is 3.72. The first-order valence-corrected chi connectivity index (χ1v) is 5.79. The molecule has 0 N–H and O–H groups in total. The Balaban J connectivity index is 2.94. The summed E-state index contributed by atoms with van der Waals surface area (Å²) < 4.78 is 11.4. The van der Waals surface area contributed by atoms with Gasteiger partial charge in [0.15, 0.2) is 0 Å². The van der Waals surface area contributed by atoms with Gasteiger partial charge in [0.1, 0.15) is 10.3 Å². The van der Waals surface area contributed by atoms with Crippen molar-refractivity contribution in [2.75, 3.05) is 5.75 Å². The zero-order chi connectivity index (χ0) is 9.84. The molecule has 0 amide bonds. The molecule has 1 aromatic heterocycles. The van der Waals surface area contributed by atoms with E-state index in [1.165, 1.54) is 6.07 Å². The van der Waals surface area contributed by atoms with Crippen LogP contribution in [0.1, 0.15) is 13.3 Å². The smallest absolute Gasteiger partial charge is 0.221 e. The second kappa shape index (κ2) is 4.88. The largest absolute Gasteiger partial charge is 0.251 e. The average molecular weight is 239 g/mol. The van der Waals surface area contributed by atoms with E-state index in [1.54, 1.807) is 0 Å². The molecule has 0 aliphatic rings. The molecule has 13 heavy (non-hydrogen) atoms. The van der Waals surface area contributed by atoms with Crippen LogP contribution < -0.4 is 0 Å². The molecule has 1 aromatic rings. The van der Waals surface area contributed by atoms with Crippen LogP contribution in [0.3, 0.4) is 0 Å². The molecule has 0 aromatic carbocycles. The summed E-state index contributed by atoms with van der Waals surface area (Å²) in [5.74, 6) is 0.524. The van der Waals surface area contributed by atoms with Gasteiger partial charge in [-0.3, -0.25) is 4.21 Å². The van der Waals surface area contributed by atoms with Crippen LogP contribution in [0.5, 0.6) is 0 Å². The van der Waals surface area contributed by atoms with Crippen LogP contribution in [0.15, 0.2) is 11.2 Å². The van der Waals surface area contributed by atoms with Crippen molar-refractivity contribution in [1.82, 2.24) is 9.97 Å². The fraction of sp³-hybridized carbons (Fsp3) is 0.429. The van der Waals surface area contributed by atoms with Crippen LogP contribution >= 0.6 is 23.2 Å². The van der Waals surface area contributed by atoms with Gasteiger partial charge in [-0.05, 0) is 6.42 Å². The lowest BCUT2D eigenvalue weighted by atomic mass is 10.6. The van der Waals surface area contributed by atoms with E-state index in [9.17, 15) is 4.21 Å². The minimum Gasteiger partial charge on any atom is -0.251 e. The van der Waals surface area contributed by atoms with Crippen LogP contribution in [-0.2, 0) is 10.8 Å². The van der Waals surface area contributed by atoms with Gasteiger partial charge in [0.2, 0.25) is 5.16 Å². The molecule has 72 valence electrons. The van der Waals surface area contributed by atoms with Crippen molar-refractivity contribution in [3.63, 3.8) is 0 Å². The molecule has 0 radical (unpaired) electrons. The average Bonchev–Trinajstić information content (AvgIpc) is 2.03. The van der Waals surface area contributed by atoms with E-state index in [0.29, 0.717) is 5.75 Å². The van der Waals surface area contributed by atoms with E-state index in [1.807, 2.05) is 6.92 Å². The summed E-state index contributed by atoms with van der Waals surface area (Å²) in [6.07, 6.45) is 0.806. The molecule has 1 heterocycles. The third kappa shape index (κ3) is 3.21. The Morgan fingerprint density at radius 1 is 1.38 bits per heavy atom. The Bertz CT molecular complexity index is 312. The molecule has 0 saturated heterocycles. The van der Waals surface area contributed by atoms with Crippen LogP contribution in [0.2, 0.25) is 10.3 Å². The minimum atomic E-state index is -1.20. The second-order valence-corrected chi connectivity index (χ2v) is 4.58. The zero-order valence-corrected chi connectivity index (χ0v) is 9.29. The predicted octanol–water partition coefficient (Wildman–Crippen LogP) is 2.30. The van der Waals surface area contributed by atoms with Crippen LogP contribution in [0, 0.1) is 0 Å². The summed E-state index contributed by atoms with van der Waals surface area (Å²) in [5.41, 5.74) is 0. The van der Waals surface area contributed by atoms with Crippen molar-refractivity contribution in [2.24, 2.45) is 0 Å². The summed E-state index contributed by atoms with van der Waals surface area (Å²) in [5, 5.41) is 0.651. The molecule has 0 aliphatic heterocycles. The van der Waals surface area contributed by atoms with E-state index in [4.69, 9.17) is 23.2 Å². The highest BCUT2D eigenvalue weighted by atomic mass is 35.5. The molecular weight excluding hydrogens is 231 g/mol. The van der Waals surface area contributed by atoms with Crippen molar-refractivity contribution in [2.45, 2.75) is 18.5 Å². The summed E-state index contributed by atoms with van der Waals surface area (Å²) in [6.45, 7) is 1.93. The number of hydrogen-bond donors (Lipinski definition) is 0. The summed E-state index contributed by atoms with van der Waals surface area (Å²) in [7, 11) is -1.20. The number of halogens is 2. The van der Waals surface area contributed by atoms with E-state index < -0.39 is 10.8 Å². The minimum absolute atomic E-state index is 0.208. The van der Waals surface area contributed by atoms with Crippen molar-refractivity contribution in [1.29, 1.82) is 0 Å². The Morgan fingerprint density at radius 3 is 2.38 bits per heavy atom. The van der Waals surface area contributed by atoms with Crippen LogP contribution in [0.25, 0.3) is 0 Å². The van der Waals surface area contributed by atoms with Crippen molar-refractivity contribution in [3.05, 3.63) is 16.4 Å². The van der Waals surface area contributed by atoms with Gasteiger partial charge in [-0.25, -0.2) is 9.97 Å². The van der Waals surface area contributed by atoms with Gasteiger partial charge in [-0.15, -0.1) is 0 Å². The molecule has 1 rings (SSSR count). The number of aromatic nitrogens is 2. The fourth-order valence-corrected chi connectivity index (χ4v) is 2.23. The van der Waals surface area contributed by atoms with Gasteiger partial charge in [-0.2, -0.15) is 0 Å². The van der Waals surface area contributed by atoms with Crippen LogP contribution in [0.4, 0.5) is 0 Å². The molecule has 3 nitrogen and oxygen atoms in total. The molecular formula is C7H8Cl2N2OS. The van der Waals surface area contributed by atoms with E-state index in [0.717, 1.165) is 6.42 Å². The highest BCUT2D eigenvalue weighted by molar-refractivity contribution is 7.84. The maximum absolute atomic E-state index is 11.4. The van der Waals surface area contributed by atoms with Crippen molar-refractivity contribution in [3.8, 4) is 0 Å². The predicted molar refractivity (Wildman–Crippen MR) is 53.6 cm³/mol. The van der Waals surface area contributed by atoms with E-state index >= 15 is 0 Å². The SMILES string of the molecule is CCCS(=O)c1nc(Cl)cc(Cl)n1. The monoisotopic (exact) mass is 238 g/mol. The fourth-order valence-electron chi connectivity index (χ4n) is 0.749. The highest BCUT2D eigenvalue weighted by Crippen LogP contribution is 2.13. The number of hydrogen-bond acceptors (Lipinski definition) is 3. The molecule has 0 spiro atoms. The molecule has 0 saturated carbocycles. The quantitative estimate of drug-likeness (QED) is 0.600. The molecule has 0 aliphatic carbocycles. The Labute approximate surface area is 88.9 Å². The Kier molecular flexibility index (Phi) is 4.09. The summed E-state index contributed by atoms with van der Waals surface area (Å²) >= 11 is 11.2. The van der Waals surface area contributed by atoms with Gasteiger partial charge in [0.25, 0.3) is 0 Å². The summed E-state index contributed by atoms with van der Waals surface area (Å²) in [6, 6.07) is 1.41. The first kappa shape index (κ1) is 10.9. The molecule has 1 unspecified atom stereocenters. The lowest BCUT2D eigenvalue weighted by molar-refractivity contribution is 0.674. The zero-order valence-electron chi connectivity index (χ0n) is 6.96. The van der Waals surface area contributed by atoms with Gasteiger partial charge in [0, 0.05) is 11.8 Å². The van der Waals surface area contributed by atoms with Gasteiger partial charge >= 0.3 is 0 Å². The molecule has 1 atom stereocenters. The van der Waals surface area contributed by atoms with Gasteiger partial charge < -0.3 is 0 Å². The van der Waals surface area contributed by atoms with Crippen LogP contribution in [-0.4, -0.2) is 19.9 Å². The normalized spacial score (nSPS) is 12.8. The van der Waals surface area contributed by atoms with Crippen molar-refractivity contribution >= 4 is 34.0 Å². The second-order valence-electron chi connectivity index (χ2n) is 2.35. The standard InChI is InChI=1S/C7H8Cl2N2OS/c1-2-3-13(12)7-10-5(8)4-6(9)11-7/h4H,2-3H2,1H3. The lowest BCUT2D eigenvalue weighted by Crippen LogP contribution is -2.02. The number of nitrogens with zero attached hydrogens (tertiary/aromatic N) is 2. The molecule has 0 bridgehead atoms. The lowest BCUT2D eigenvalue weighted by Gasteiger charge is -1.99. The Morgan fingerprint density at radius 2 is 1.92 bits per heavy atom. The highest BCUT2D eigenvalue weighted by Gasteiger charge is 2.08. The maximum atomic E-state index is 11.4.